The van der Waals surface area contributed by atoms with Crippen LogP contribution in [0.4, 0.5) is 15.8 Å². The molecule has 8 nitrogen and oxygen atoms in total. The highest BCUT2D eigenvalue weighted by Gasteiger charge is 2.42. The number of aromatic nitrogens is 3. The topological polar surface area (TPSA) is 98.1 Å². The molecule has 166 valence electrons. The number of ether oxygens (including phenoxy) is 1. The van der Waals surface area contributed by atoms with Crippen LogP contribution in [-0.2, 0) is 19.7 Å². The van der Waals surface area contributed by atoms with Crippen LogP contribution in [0.5, 0.6) is 0 Å². The summed E-state index contributed by atoms with van der Waals surface area (Å²) in [6.07, 6.45) is 3.79. The van der Waals surface area contributed by atoms with Crippen molar-refractivity contribution < 1.29 is 18.7 Å². The van der Waals surface area contributed by atoms with Crippen molar-refractivity contribution in [3.63, 3.8) is 0 Å². The van der Waals surface area contributed by atoms with Gasteiger partial charge in [-0.3, -0.25) is 9.59 Å². The zero-order chi connectivity index (χ0) is 22.6. The second-order valence-corrected chi connectivity index (χ2v) is 7.78. The average molecular weight is 437 g/mol. The number of nitrogens with one attached hydrogen (secondary N) is 2. The standard InChI is InChI=1S/C23H24FN5O3/c1-16(29-15-25-14-26-29)21(30)27-19-5-7-20(8-6-19)28-22(31)23(9-11-32-12-10-23)17-3-2-4-18(24)13-17/h2-8,13-16H,9-12H2,1H3,(H,27,30)(H,28,31). The molecule has 3 aromatic rings. The van der Waals surface area contributed by atoms with E-state index in [1.807, 2.05) is 0 Å². The molecule has 1 aliphatic heterocycles. The second-order valence-electron chi connectivity index (χ2n) is 7.78. The van der Waals surface area contributed by atoms with Gasteiger partial charge in [-0.05, 0) is 61.7 Å². The Balaban J connectivity index is 1.46. The lowest BCUT2D eigenvalue weighted by Crippen LogP contribution is -2.44. The maximum atomic E-state index is 13.9. The van der Waals surface area contributed by atoms with E-state index < -0.39 is 11.5 Å². The molecule has 0 radical (unpaired) electrons. The van der Waals surface area contributed by atoms with Gasteiger partial charge < -0.3 is 15.4 Å². The highest BCUT2D eigenvalue weighted by molar-refractivity contribution is 5.99. The Morgan fingerprint density at radius 3 is 2.41 bits per heavy atom. The molecule has 0 saturated carbocycles. The van der Waals surface area contributed by atoms with Crippen molar-refractivity contribution >= 4 is 23.2 Å². The molecule has 1 atom stereocenters. The Bertz CT molecular complexity index is 1080. The number of benzene rings is 2. The van der Waals surface area contributed by atoms with Gasteiger partial charge in [-0.2, -0.15) is 5.10 Å². The highest BCUT2D eigenvalue weighted by Crippen LogP contribution is 2.36. The van der Waals surface area contributed by atoms with Gasteiger partial charge in [0.2, 0.25) is 11.8 Å². The molecule has 0 aliphatic carbocycles. The number of halogens is 1. The summed E-state index contributed by atoms with van der Waals surface area (Å²) in [5.41, 5.74) is 0.954. The second kappa shape index (κ2) is 9.27. The molecule has 1 aromatic heterocycles. The number of hydrogen-bond donors (Lipinski definition) is 2. The first-order valence-electron chi connectivity index (χ1n) is 10.4. The minimum Gasteiger partial charge on any atom is -0.381 e. The van der Waals surface area contributed by atoms with Crippen LogP contribution in [0.15, 0.2) is 61.2 Å². The number of rotatable bonds is 6. The predicted octanol–water partition coefficient (Wildman–Crippen LogP) is 3.30. The van der Waals surface area contributed by atoms with E-state index in [-0.39, 0.29) is 17.6 Å². The normalized spacial score (nSPS) is 16.2. The smallest absolute Gasteiger partial charge is 0.249 e. The van der Waals surface area contributed by atoms with Crippen molar-refractivity contribution in [1.82, 2.24) is 14.8 Å². The van der Waals surface area contributed by atoms with Crippen LogP contribution in [0.3, 0.4) is 0 Å². The molecule has 32 heavy (non-hydrogen) atoms. The molecule has 1 aliphatic rings. The SMILES string of the molecule is CC(C(=O)Nc1ccc(NC(=O)C2(c3cccc(F)c3)CCOCC2)cc1)n1cncn1. The van der Waals surface area contributed by atoms with Crippen molar-refractivity contribution in [3.8, 4) is 0 Å². The van der Waals surface area contributed by atoms with Crippen LogP contribution >= 0.6 is 0 Å². The fraction of sp³-hybridized carbons (Fsp3) is 0.304. The summed E-state index contributed by atoms with van der Waals surface area (Å²) in [6.45, 7) is 2.58. The Morgan fingerprint density at radius 2 is 1.78 bits per heavy atom. The molecule has 2 N–H and O–H groups in total. The average Bonchev–Trinajstić information content (AvgIpc) is 3.35. The summed E-state index contributed by atoms with van der Waals surface area (Å²) in [5.74, 6) is -0.816. The first kappa shape index (κ1) is 21.6. The summed E-state index contributed by atoms with van der Waals surface area (Å²) in [5, 5.41) is 9.73. The molecular formula is C23H24FN5O3. The summed E-state index contributed by atoms with van der Waals surface area (Å²) in [6, 6.07) is 12.5. The zero-order valence-corrected chi connectivity index (χ0v) is 17.6. The molecule has 1 unspecified atom stereocenters. The van der Waals surface area contributed by atoms with Gasteiger partial charge in [-0.15, -0.1) is 0 Å². The van der Waals surface area contributed by atoms with E-state index in [0.29, 0.717) is 43.0 Å². The van der Waals surface area contributed by atoms with Gasteiger partial charge in [0.05, 0.1) is 5.41 Å². The molecule has 0 spiro atoms. The van der Waals surface area contributed by atoms with Gasteiger partial charge in [0.25, 0.3) is 0 Å². The van der Waals surface area contributed by atoms with Gasteiger partial charge in [0.15, 0.2) is 0 Å². The fourth-order valence-electron chi connectivity index (χ4n) is 3.82. The number of carbonyl (C=O) groups is 2. The van der Waals surface area contributed by atoms with Crippen molar-refractivity contribution in [2.75, 3.05) is 23.8 Å². The lowest BCUT2D eigenvalue weighted by Gasteiger charge is -2.36. The molecule has 1 fully saturated rings. The fourth-order valence-corrected chi connectivity index (χ4v) is 3.82. The van der Waals surface area contributed by atoms with Crippen LogP contribution in [0.2, 0.25) is 0 Å². The van der Waals surface area contributed by atoms with E-state index in [2.05, 4.69) is 20.7 Å². The zero-order valence-electron chi connectivity index (χ0n) is 17.6. The van der Waals surface area contributed by atoms with Crippen LogP contribution < -0.4 is 10.6 Å². The number of anilines is 2. The van der Waals surface area contributed by atoms with E-state index in [0.717, 1.165) is 0 Å². The van der Waals surface area contributed by atoms with Crippen LogP contribution in [-0.4, -0.2) is 39.8 Å². The Labute approximate surface area is 184 Å². The quantitative estimate of drug-likeness (QED) is 0.617. The van der Waals surface area contributed by atoms with Gasteiger partial charge in [-0.25, -0.2) is 14.1 Å². The van der Waals surface area contributed by atoms with Crippen molar-refractivity contribution in [1.29, 1.82) is 0 Å². The van der Waals surface area contributed by atoms with Crippen molar-refractivity contribution in [2.45, 2.75) is 31.2 Å². The molecule has 2 heterocycles. The number of amides is 2. The van der Waals surface area contributed by atoms with E-state index in [9.17, 15) is 14.0 Å². The summed E-state index contributed by atoms with van der Waals surface area (Å²) < 4.78 is 20.8. The monoisotopic (exact) mass is 437 g/mol. The summed E-state index contributed by atoms with van der Waals surface area (Å²) >= 11 is 0. The van der Waals surface area contributed by atoms with Crippen LogP contribution in [0.1, 0.15) is 31.4 Å². The van der Waals surface area contributed by atoms with Gasteiger partial charge >= 0.3 is 0 Å². The molecule has 9 heteroatoms. The van der Waals surface area contributed by atoms with Crippen molar-refractivity contribution in [3.05, 3.63) is 72.6 Å². The van der Waals surface area contributed by atoms with Crippen LogP contribution in [0.25, 0.3) is 0 Å². The van der Waals surface area contributed by atoms with Crippen LogP contribution in [0, 0.1) is 5.82 Å². The highest BCUT2D eigenvalue weighted by atomic mass is 19.1. The van der Waals surface area contributed by atoms with E-state index in [1.165, 1.54) is 29.5 Å². The molecular weight excluding hydrogens is 413 g/mol. The third-order valence-corrected chi connectivity index (χ3v) is 5.78. The van der Waals surface area contributed by atoms with E-state index in [1.54, 1.807) is 43.3 Å². The maximum Gasteiger partial charge on any atom is 0.249 e. The maximum absolute atomic E-state index is 13.9. The minimum absolute atomic E-state index is 0.206. The Morgan fingerprint density at radius 1 is 1.09 bits per heavy atom. The third kappa shape index (κ3) is 4.52. The van der Waals surface area contributed by atoms with Gasteiger partial charge in [0, 0.05) is 24.6 Å². The molecule has 1 saturated heterocycles. The first-order valence-corrected chi connectivity index (χ1v) is 10.4. The van der Waals surface area contributed by atoms with E-state index >= 15 is 0 Å². The number of nitrogens with zero attached hydrogens (tertiary/aromatic N) is 3. The molecule has 2 amide bonds. The Hall–Kier alpha value is -3.59. The predicted molar refractivity (Wildman–Crippen MR) is 117 cm³/mol. The molecule has 0 bridgehead atoms. The van der Waals surface area contributed by atoms with E-state index in [4.69, 9.17) is 4.74 Å². The van der Waals surface area contributed by atoms with Gasteiger partial charge in [0.1, 0.15) is 24.5 Å². The lowest BCUT2D eigenvalue weighted by atomic mass is 9.73. The molecule has 4 rings (SSSR count). The van der Waals surface area contributed by atoms with Crippen molar-refractivity contribution in [2.24, 2.45) is 0 Å². The summed E-state index contributed by atoms with van der Waals surface area (Å²) in [7, 11) is 0. The van der Waals surface area contributed by atoms with Gasteiger partial charge in [-0.1, -0.05) is 12.1 Å². The largest absolute Gasteiger partial charge is 0.381 e. The molecule has 2 aromatic carbocycles. The summed E-state index contributed by atoms with van der Waals surface area (Å²) in [4.78, 5) is 29.6. The minimum atomic E-state index is -0.861. The number of carbonyl (C=O) groups excluding carboxylic acids is 2. The third-order valence-electron chi connectivity index (χ3n) is 5.78. The number of hydrogen-bond acceptors (Lipinski definition) is 5. The first-order chi connectivity index (χ1) is 15.5. The lowest BCUT2D eigenvalue weighted by molar-refractivity contribution is -0.125. The Kier molecular flexibility index (Phi) is 6.27.